The summed E-state index contributed by atoms with van der Waals surface area (Å²) in [7, 11) is 0. The molecule has 0 bridgehead atoms. The van der Waals surface area contributed by atoms with Crippen LogP contribution in [0.1, 0.15) is 23.7 Å². The summed E-state index contributed by atoms with van der Waals surface area (Å²) in [6.45, 7) is 3.11. The molecule has 0 amide bonds. The number of carbonyl (C=O) groups excluding carboxylic acids is 2. The Balaban J connectivity index is 1.85. The highest BCUT2D eigenvalue weighted by Crippen LogP contribution is 2.18. The molecule has 1 saturated heterocycles. The van der Waals surface area contributed by atoms with Crippen molar-refractivity contribution in [1.29, 1.82) is 0 Å². The van der Waals surface area contributed by atoms with Crippen molar-refractivity contribution >= 4 is 11.9 Å². The van der Waals surface area contributed by atoms with Gasteiger partial charge < -0.3 is 9.57 Å². The maximum atomic E-state index is 11.8. The number of hydroxylamine groups is 2. The fraction of sp³-hybridized carbons (Fsp3) is 0.429. The van der Waals surface area contributed by atoms with Crippen LogP contribution in [0.3, 0.4) is 0 Å². The second-order valence-electron chi connectivity index (χ2n) is 4.37. The number of ether oxygens (including phenoxy) is 1. The van der Waals surface area contributed by atoms with E-state index >= 15 is 0 Å². The van der Waals surface area contributed by atoms with Crippen LogP contribution in [0.4, 0.5) is 0 Å². The molecule has 19 heavy (non-hydrogen) atoms. The summed E-state index contributed by atoms with van der Waals surface area (Å²) in [6.07, 6.45) is 0.654. The van der Waals surface area contributed by atoms with Gasteiger partial charge >= 0.3 is 11.9 Å². The number of hydrogen-bond acceptors (Lipinski definition) is 5. The topological polar surface area (TPSA) is 55.8 Å². The van der Waals surface area contributed by atoms with Gasteiger partial charge in [-0.2, -0.15) is 0 Å². The van der Waals surface area contributed by atoms with Crippen LogP contribution in [-0.2, 0) is 14.4 Å². The van der Waals surface area contributed by atoms with Crippen molar-refractivity contribution < 1.29 is 19.2 Å². The van der Waals surface area contributed by atoms with Crippen LogP contribution in [0.5, 0.6) is 0 Å². The van der Waals surface area contributed by atoms with E-state index in [2.05, 4.69) is 0 Å². The van der Waals surface area contributed by atoms with Gasteiger partial charge in [0.25, 0.3) is 0 Å². The summed E-state index contributed by atoms with van der Waals surface area (Å²) in [5.41, 5.74) is 0.502. The zero-order valence-electron chi connectivity index (χ0n) is 10.9. The van der Waals surface area contributed by atoms with Crippen LogP contribution in [0, 0.1) is 5.92 Å². The first-order chi connectivity index (χ1) is 9.20. The maximum Gasteiger partial charge on any atom is 0.357 e. The third-order valence-corrected chi connectivity index (χ3v) is 2.99. The highest BCUT2D eigenvalue weighted by atomic mass is 16.7. The Bertz CT molecular complexity index is 446. The van der Waals surface area contributed by atoms with E-state index in [0.717, 1.165) is 0 Å². The molecule has 2 rings (SSSR count). The predicted molar refractivity (Wildman–Crippen MR) is 68.2 cm³/mol. The molecule has 0 aliphatic carbocycles. The van der Waals surface area contributed by atoms with E-state index < -0.39 is 5.97 Å². The van der Waals surface area contributed by atoms with Gasteiger partial charge in [0.2, 0.25) is 0 Å². The number of hydrogen-bond donors (Lipinski definition) is 0. The summed E-state index contributed by atoms with van der Waals surface area (Å²) < 4.78 is 4.96. The van der Waals surface area contributed by atoms with Gasteiger partial charge in [-0.1, -0.05) is 18.2 Å². The second kappa shape index (κ2) is 6.33. The first-order valence-electron chi connectivity index (χ1n) is 6.39. The summed E-state index contributed by atoms with van der Waals surface area (Å²) in [5, 5.41) is 1.52. The number of esters is 1. The number of carbonyl (C=O) groups is 2. The van der Waals surface area contributed by atoms with Gasteiger partial charge in [0.05, 0.1) is 18.1 Å². The molecule has 1 aliphatic rings. The molecule has 0 N–H and O–H groups in total. The lowest BCUT2D eigenvalue weighted by Gasteiger charge is -2.15. The Labute approximate surface area is 112 Å². The van der Waals surface area contributed by atoms with Crippen LogP contribution in [0.15, 0.2) is 30.3 Å². The maximum absolute atomic E-state index is 11.8. The van der Waals surface area contributed by atoms with Crippen molar-refractivity contribution in [3.8, 4) is 0 Å². The highest BCUT2D eigenvalue weighted by molar-refractivity contribution is 5.89. The number of rotatable bonds is 4. The Hall–Kier alpha value is -1.88. The molecule has 0 saturated carbocycles. The van der Waals surface area contributed by atoms with Crippen LogP contribution in [-0.4, -0.2) is 36.7 Å². The molecule has 1 aromatic carbocycles. The largest absolute Gasteiger partial charge is 0.466 e. The lowest BCUT2D eigenvalue weighted by atomic mass is 10.1. The second-order valence-corrected chi connectivity index (χ2v) is 4.37. The smallest absolute Gasteiger partial charge is 0.357 e. The van der Waals surface area contributed by atoms with Crippen molar-refractivity contribution in [3.05, 3.63) is 35.9 Å². The molecule has 0 radical (unpaired) electrons. The molecule has 1 heterocycles. The van der Waals surface area contributed by atoms with Crippen LogP contribution in [0.2, 0.25) is 0 Å². The summed E-state index contributed by atoms with van der Waals surface area (Å²) >= 11 is 0. The Morgan fingerprint density at radius 3 is 2.74 bits per heavy atom. The SMILES string of the molecule is CCOC(=O)C1CCN(OC(=O)c2ccccc2)C1. The molecule has 0 spiro atoms. The Morgan fingerprint density at radius 2 is 2.05 bits per heavy atom. The molecule has 5 heteroatoms. The van der Waals surface area contributed by atoms with Crippen LogP contribution < -0.4 is 0 Å². The summed E-state index contributed by atoms with van der Waals surface area (Å²) in [6, 6.07) is 8.79. The highest BCUT2D eigenvalue weighted by Gasteiger charge is 2.31. The molecular formula is C14H17NO4. The lowest BCUT2D eigenvalue weighted by molar-refractivity contribution is -0.149. The molecule has 1 aliphatic heterocycles. The van der Waals surface area contributed by atoms with E-state index in [-0.39, 0.29) is 11.9 Å². The van der Waals surface area contributed by atoms with Crippen LogP contribution >= 0.6 is 0 Å². The van der Waals surface area contributed by atoms with Crippen molar-refractivity contribution in [3.63, 3.8) is 0 Å². The minimum atomic E-state index is -0.398. The fourth-order valence-electron chi connectivity index (χ4n) is 2.01. The summed E-state index contributed by atoms with van der Waals surface area (Å²) in [5.74, 6) is -0.825. The Morgan fingerprint density at radius 1 is 1.32 bits per heavy atom. The van der Waals surface area contributed by atoms with Gasteiger partial charge in [0.1, 0.15) is 0 Å². The van der Waals surface area contributed by atoms with E-state index in [4.69, 9.17) is 9.57 Å². The third-order valence-electron chi connectivity index (χ3n) is 2.99. The molecule has 1 fully saturated rings. The van der Waals surface area contributed by atoms with Gasteiger partial charge in [0.15, 0.2) is 0 Å². The third kappa shape index (κ3) is 3.54. The average Bonchev–Trinajstić information content (AvgIpc) is 2.88. The average molecular weight is 263 g/mol. The quantitative estimate of drug-likeness (QED) is 0.773. The van der Waals surface area contributed by atoms with E-state index in [1.807, 2.05) is 6.07 Å². The van der Waals surface area contributed by atoms with E-state index in [0.29, 0.717) is 31.7 Å². The molecule has 1 aromatic rings. The number of nitrogens with zero attached hydrogens (tertiary/aromatic N) is 1. The van der Waals surface area contributed by atoms with Gasteiger partial charge in [-0.3, -0.25) is 4.79 Å². The van der Waals surface area contributed by atoms with Crippen molar-refractivity contribution in [1.82, 2.24) is 5.06 Å². The standard InChI is InChI=1S/C14H17NO4/c1-2-18-13(16)12-8-9-15(10-12)19-14(17)11-6-4-3-5-7-11/h3-7,12H,2,8-10H2,1H3. The van der Waals surface area contributed by atoms with Crippen molar-refractivity contribution in [2.24, 2.45) is 5.92 Å². The van der Waals surface area contributed by atoms with E-state index in [1.54, 1.807) is 31.2 Å². The zero-order chi connectivity index (χ0) is 13.7. The fourth-order valence-corrected chi connectivity index (χ4v) is 2.01. The molecule has 5 nitrogen and oxygen atoms in total. The van der Waals surface area contributed by atoms with Gasteiger partial charge in [0, 0.05) is 13.1 Å². The molecule has 0 aromatic heterocycles. The van der Waals surface area contributed by atoms with E-state index in [1.165, 1.54) is 5.06 Å². The molecule has 102 valence electrons. The Kier molecular flexibility index (Phi) is 4.52. The minimum absolute atomic E-state index is 0.205. The van der Waals surface area contributed by atoms with Crippen LogP contribution in [0.25, 0.3) is 0 Å². The van der Waals surface area contributed by atoms with Crippen molar-refractivity contribution in [2.45, 2.75) is 13.3 Å². The predicted octanol–water partition coefficient (Wildman–Crippen LogP) is 1.64. The molecule has 1 atom stereocenters. The number of benzene rings is 1. The van der Waals surface area contributed by atoms with Crippen molar-refractivity contribution in [2.75, 3.05) is 19.7 Å². The van der Waals surface area contributed by atoms with E-state index in [9.17, 15) is 9.59 Å². The summed E-state index contributed by atoms with van der Waals surface area (Å²) in [4.78, 5) is 28.6. The molecular weight excluding hydrogens is 246 g/mol. The first kappa shape index (κ1) is 13.5. The van der Waals surface area contributed by atoms with Gasteiger partial charge in [-0.25, -0.2) is 4.79 Å². The zero-order valence-corrected chi connectivity index (χ0v) is 10.9. The van der Waals surface area contributed by atoms with Gasteiger partial charge in [-0.15, -0.1) is 5.06 Å². The first-order valence-corrected chi connectivity index (χ1v) is 6.39. The normalized spacial score (nSPS) is 19.1. The molecule has 1 unspecified atom stereocenters. The minimum Gasteiger partial charge on any atom is -0.466 e. The van der Waals surface area contributed by atoms with Gasteiger partial charge in [-0.05, 0) is 25.5 Å². The lowest BCUT2D eigenvalue weighted by Crippen LogP contribution is -2.27. The monoisotopic (exact) mass is 263 g/mol.